The number of carbonyl (C=O) groups excluding carboxylic acids is 2. The van der Waals surface area contributed by atoms with Crippen LogP contribution in [-0.4, -0.2) is 35.5 Å². The van der Waals surface area contributed by atoms with Gasteiger partial charge in [0.05, 0.1) is 4.88 Å². The highest BCUT2D eigenvalue weighted by Gasteiger charge is 2.37. The summed E-state index contributed by atoms with van der Waals surface area (Å²) in [6.45, 7) is 0.654. The second-order valence-corrected chi connectivity index (χ2v) is 6.78. The summed E-state index contributed by atoms with van der Waals surface area (Å²) in [5.41, 5.74) is 0. The zero-order chi connectivity index (χ0) is 14.7. The van der Waals surface area contributed by atoms with Crippen LogP contribution in [0.1, 0.15) is 54.6 Å². The molecule has 2 fully saturated rings. The third-order valence-corrected chi connectivity index (χ3v) is 5.21. The van der Waals surface area contributed by atoms with Crippen LogP contribution >= 0.6 is 11.3 Å². The smallest absolute Gasteiger partial charge is 0.329 e. The standard InChI is InChI=1S/C16H21NO3S/c18-15(14-9-5-11-21-14)17-10-4-8-13(17)16(19)20-12-6-2-1-3-7-12/h5,9,11-13H,1-4,6-8,10H2. The highest BCUT2D eigenvalue weighted by Crippen LogP contribution is 2.26. The molecule has 2 aliphatic rings. The van der Waals surface area contributed by atoms with Crippen LogP contribution in [0, 0.1) is 0 Å². The molecule has 1 saturated carbocycles. The maximum atomic E-state index is 12.4. The van der Waals surface area contributed by atoms with E-state index in [0.29, 0.717) is 11.4 Å². The third kappa shape index (κ3) is 3.28. The Morgan fingerprint density at radius 2 is 1.95 bits per heavy atom. The lowest BCUT2D eigenvalue weighted by Crippen LogP contribution is -2.42. The molecule has 1 aromatic heterocycles. The van der Waals surface area contributed by atoms with Crippen molar-refractivity contribution >= 4 is 23.2 Å². The minimum Gasteiger partial charge on any atom is -0.461 e. The Kier molecular flexibility index (Phi) is 4.58. The number of rotatable bonds is 3. The summed E-state index contributed by atoms with van der Waals surface area (Å²) in [6.07, 6.45) is 7.12. The summed E-state index contributed by atoms with van der Waals surface area (Å²) in [6, 6.07) is 3.29. The van der Waals surface area contributed by atoms with Crippen LogP contribution in [0.5, 0.6) is 0 Å². The molecule has 114 valence electrons. The van der Waals surface area contributed by atoms with Crippen LogP contribution in [0.4, 0.5) is 0 Å². The molecule has 21 heavy (non-hydrogen) atoms. The van der Waals surface area contributed by atoms with Crippen molar-refractivity contribution in [2.24, 2.45) is 0 Å². The molecule has 3 rings (SSSR count). The van der Waals surface area contributed by atoms with Crippen LogP contribution in [0.25, 0.3) is 0 Å². The van der Waals surface area contributed by atoms with Crippen molar-refractivity contribution in [2.75, 3.05) is 6.54 Å². The minimum absolute atomic E-state index is 0.0342. The maximum Gasteiger partial charge on any atom is 0.329 e. The van der Waals surface area contributed by atoms with E-state index >= 15 is 0 Å². The van der Waals surface area contributed by atoms with Crippen molar-refractivity contribution in [1.82, 2.24) is 4.90 Å². The first-order valence-corrected chi connectivity index (χ1v) is 8.68. The van der Waals surface area contributed by atoms with Gasteiger partial charge in [-0.2, -0.15) is 0 Å². The number of thiophene rings is 1. The van der Waals surface area contributed by atoms with Gasteiger partial charge in [-0.1, -0.05) is 12.5 Å². The van der Waals surface area contributed by atoms with Gasteiger partial charge in [0.15, 0.2) is 0 Å². The molecule has 0 aromatic carbocycles. The normalized spacial score (nSPS) is 23.2. The van der Waals surface area contributed by atoms with Crippen LogP contribution in [0.3, 0.4) is 0 Å². The van der Waals surface area contributed by atoms with Crippen molar-refractivity contribution in [3.63, 3.8) is 0 Å². The lowest BCUT2D eigenvalue weighted by Gasteiger charge is -2.27. The van der Waals surface area contributed by atoms with Crippen molar-refractivity contribution < 1.29 is 14.3 Å². The largest absolute Gasteiger partial charge is 0.461 e. The van der Waals surface area contributed by atoms with E-state index in [1.54, 1.807) is 4.90 Å². The highest BCUT2D eigenvalue weighted by molar-refractivity contribution is 7.12. The first-order chi connectivity index (χ1) is 10.3. The van der Waals surface area contributed by atoms with E-state index < -0.39 is 0 Å². The Bertz CT molecular complexity index is 494. The van der Waals surface area contributed by atoms with Gasteiger partial charge < -0.3 is 9.64 Å². The summed E-state index contributed by atoms with van der Waals surface area (Å²) < 4.78 is 5.64. The van der Waals surface area contributed by atoms with Crippen molar-refractivity contribution in [3.05, 3.63) is 22.4 Å². The molecule has 5 heteroatoms. The van der Waals surface area contributed by atoms with E-state index in [1.807, 2.05) is 17.5 Å². The van der Waals surface area contributed by atoms with Crippen molar-refractivity contribution in [3.8, 4) is 0 Å². The van der Waals surface area contributed by atoms with Gasteiger partial charge in [0.2, 0.25) is 0 Å². The van der Waals surface area contributed by atoms with Crippen LogP contribution < -0.4 is 0 Å². The molecule has 4 nitrogen and oxygen atoms in total. The first-order valence-electron chi connectivity index (χ1n) is 7.80. The van der Waals surface area contributed by atoms with E-state index in [-0.39, 0.29) is 24.0 Å². The topological polar surface area (TPSA) is 46.6 Å². The molecule has 2 heterocycles. The van der Waals surface area contributed by atoms with Crippen molar-refractivity contribution in [1.29, 1.82) is 0 Å². The molecular formula is C16H21NO3S. The van der Waals surface area contributed by atoms with E-state index in [0.717, 1.165) is 38.5 Å². The molecule has 1 atom stereocenters. The van der Waals surface area contributed by atoms with Gasteiger partial charge in [0.25, 0.3) is 5.91 Å². The second kappa shape index (κ2) is 6.60. The quantitative estimate of drug-likeness (QED) is 0.805. The SMILES string of the molecule is O=C(OC1CCCCC1)C1CCCN1C(=O)c1cccs1. The Morgan fingerprint density at radius 3 is 2.67 bits per heavy atom. The van der Waals surface area contributed by atoms with Crippen LogP contribution in [0.15, 0.2) is 17.5 Å². The van der Waals surface area contributed by atoms with Gasteiger partial charge in [-0.15, -0.1) is 11.3 Å². The number of hydrogen-bond donors (Lipinski definition) is 0. The Labute approximate surface area is 129 Å². The van der Waals surface area contributed by atoms with E-state index in [2.05, 4.69) is 0 Å². The molecule has 1 aliphatic heterocycles. The molecule has 1 amide bonds. The molecule has 1 aliphatic carbocycles. The average molecular weight is 307 g/mol. The lowest BCUT2D eigenvalue weighted by molar-refractivity contribution is -0.155. The summed E-state index contributed by atoms with van der Waals surface area (Å²) in [4.78, 5) is 27.2. The molecule has 1 saturated heterocycles. The number of amides is 1. The van der Waals surface area contributed by atoms with Gasteiger partial charge in [-0.3, -0.25) is 4.79 Å². The summed E-state index contributed by atoms with van der Waals surface area (Å²) in [5.74, 6) is -0.239. The monoisotopic (exact) mass is 307 g/mol. The molecule has 0 radical (unpaired) electrons. The van der Waals surface area contributed by atoms with Crippen LogP contribution in [-0.2, 0) is 9.53 Å². The van der Waals surface area contributed by atoms with E-state index in [9.17, 15) is 9.59 Å². The number of carbonyl (C=O) groups is 2. The number of hydrogen-bond acceptors (Lipinski definition) is 4. The molecule has 0 spiro atoms. The molecule has 1 unspecified atom stereocenters. The van der Waals surface area contributed by atoms with Crippen LogP contribution in [0.2, 0.25) is 0 Å². The van der Waals surface area contributed by atoms with E-state index in [1.165, 1.54) is 17.8 Å². The number of nitrogens with zero attached hydrogens (tertiary/aromatic N) is 1. The third-order valence-electron chi connectivity index (χ3n) is 4.35. The Balaban J connectivity index is 1.63. The lowest BCUT2D eigenvalue weighted by atomic mass is 9.98. The molecule has 0 N–H and O–H groups in total. The first kappa shape index (κ1) is 14.6. The molecule has 0 bridgehead atoms. The highest BCUT2D eigenvalue weighted by atomic mass is 32.1. The summed E-state index contributed by atoms with van der Waals surface area (Å²) >= 11 is 1.42. The molecular weight excluding hydrogens is 286 g/mol. The van der Waals surface area contributed by atoms with E-state index in [4.69, 9.17) is 4.74 Å². The zero-order valence-electron chi connectivity index (χ0n) is 12.1. The fourth-order valence-electron chi connectivity index (χ4n) is 3.22. The van der Waals surface area contributed by atoms with Gasteiger partial charge in [-0.25, -0.2) is 4.79 Å². The minimum atomic E-state index is -0.387. The Hall–Kier alpha value is -1.36. The van der Waals surface area contributed by atoms with Gasteiger partial charge in [0.1, 0.15) is 12.1 Å². The fourth-order valence-corrected chi connectivity index (χ4v) is 3.90. The number of esters is 1. The fraction of sp³-hybridized carbons (Fsp3) is 0.625. The predicted molar refractivity (Wildman–Crippen MR) is 81.3 cm³/mol. The van der Waals surface area contributed by atoms with Crippen molar-refractivity contribution in [2.45, 2.75) is 57.1 Å². The second-order valence-electron chi connectivity index (χ2n) is 5.83. The number of likely N-dealkylation sites (tertiary alicyclic amines) is 1. The Morgan fingerprint density at radius 1 is 1.14 bits per heavy atom. The summed E-state index contributed by atoms with van der Waals surface area (Å²) in [7, 11) is 0. The van der Waals surface area contributed by atoms with Gasteiger partial charge in [0, 0.05) is 6.54 Å². The zero-order valence-corrected chi connectivity index (χ0v) is 12.9. The van der Waals surface area contributed by atoms with Gasteiger partial charge in [-0.05, 0) is 50.0 Å². The summed E-state index contributed by atoms with van der Waals surface area (Å²) in [5, 5.41) is 1.89. The number of ether oxygens (including phenoxy) is 1. The maximum absolute atomic E-state index is 12.4. The average Bonchev–Trinajstić information content (AvgIpc) is 3.19. The molecule has 1 aromatic rings. The van der Waals surface area contributed by atoms with Gasteiger partial charge >= 0.3 is 5.97 Å². The predicted octanol–water partition coefficient (Wildman–Crippen LogP) is 3.23.